The summed E-state index contributed by atoms with van der Waals surface area (Å²) in [6, 6.07) is 9.37. The molecule has 0 atom stereocenters. The van der Waals surface area contributed by atoms with E-state index in [-0.39, 0.29) is 30.1 Å². The quantitative estimate of drug-likeness (QED) is 0.444. The number of aryl methyl sites for hydroxylation is 1. The molecular formula is C15H21IN4O2. The van der Waals surface area contributed by atoms with Crippen LogP contribution in [0.5, 0.6) is 5.75 Å². The first-order valence-corrected chi connectivity index (χ1v) is 6.79. The minimum atomic E-state index is 0. The highest BCUT2D eigenvalue weighted by molar-refractivity contribution is 14.0. The fraction of sp³-hybridized carbons (Fsp3) is 0.333. The molecule has 6 nitrogen and oxygen atoms in total. The molecule has 0 unspecified atom stereocenters. The van der Waals surface area contributed by atoms with E-state index in [1.165, 1.54) is 0 Å². The van der Waals surface area contributed by atoms with Gasteiger partial charge in [-0.2, -0.15) is 0 Å². The Labute approximate surface area is 147 Å². The molecule has 0 saturated heterocycles. The molecule has 1 aromatic carbocycles. The standard InChI is InChI=1S/C15H20N4O2.HI/c1-10(2)20-13-6-4-12(5-7-13)18-15(16)17-9-14-8-11(3)19-21-14;/h4-8,10H,9H2,1-3H3,(H3,16,17,18);1H. The van der Waals surface area contributed by atoms with Crippen LogP contribution in [0.4, 0.5) is 5.69 Å². The van der Waals surface area contributed by atoms with E-state index in [1.54, 1.807) is 0 Å². The van der Waals surface area contributed by atoms with Crippen molar-refractivity contribution in [1.82, 2.24) is 5.16 Å². The topological polar surface area (TPSA) is 85.7 Å². The number of rotatable bonds is 5. The van der Waals surface area contributed by atoms with E-state index in [9.17, 15) is 0 Å². The van der Waals surface area contributed by atoms with Crippen LogP contribution < -0.4 is 15.8 Å². The van der Waals surface area contributed by atoms with Crippen molar-refractivity contribution < 1.29 is 9.26 Å². The third kappa shape index (κ3) is 5.92. The molecule has 0 saturated carbocycles. The second-order valence-corrected chi connectivity index (χ2v) is 4.95. The number of nitrogens with zero attached hydrogens (tertiary/aromatic N) is 2. The molecule has 2 rings (SSSR count). The van der Waals surface area contributed by atoms with Gasteiger partial charge in [-0.15, -0.1) is 24.0 Å². The van der Waals surface area contributed by atoms with Crippen molar-refractivity contribution in [3.05, 3.63) is 41.8 Å². The second kappa shape index (κ2) is 8.62. The highest BCUT2D eigenvalue weighted by atomic mass is 127. The number of halogens is 1. The number of guanidine groups is 1. The van der Waals surface area contributed by atoms with Crippen LogP contribution in [0.25, 0.3) is 0 Å². The minimum absolute atomic E-state index is 0. The number of nitrogens with two attached hydrogens (primary N) is 1. The molecule has 0 bridgehead atoms. The molecule has 0 amide bonds. The maximum Gasteiger partial charge on any atom is 0.193 e. The van der Waals surface area contributed by atoms with E-state index in [2.05, 4.69) is 15.5 Å². The van der Waals surface area contributed by atoms with Gasteiger partial charge in [0.2, 0.25) is 0 Å². The third-order valence-electron chi connectivity index (χ3n) is 2.58. The highest BCUT2D eigenvalue weighted by Crippen LogP contribution is 2.16. The monoisotopic (exact) mass is 416 g/mol. The molecule has 3 N–H and O–H groups in total. The second-order valence-electron chi connectivity index (χ2n) is 4.95. The van der Waals surface area contributed by atoms with E-state index >= 15 is 0 Å². The van der Waals surface area contributed by atoms with Crippen molar-refractivity contribution in [1.29, 1.82) is 0 Å². The number of ether oxygens (including phenoxy) is 1. The van der Waals surface area contributed by atoms with Gasteiger partial charge in [0.1, 0.15) is 12.3 Å². The van der Waals surface area contributed by atoms with Crippen molar-refractivity contribution in [2.24, 2.45) is 10.7 Å². The Hall–Kier alpha value is -1.77. The summed E-state index contributed by atoms with van der Waals surface area (Å²) in [7, 11) is 0. The van der Waals surface area contributed by atoms with Crippen LogP contribution in [-0.2, 0) is 6.54 Å². The number of aliphatic imine (C=N–C) groups is 1. The highest BCUT2D eigenvalue weighted by Gasteiger charge is 2.01. The summed E-state index contributed by atoms with van der Waals surface area (Å²) in [5, 5.41) is 6.80. The maximum atomic E-state index is 5.82. The molecule has 120 valence electrons. The van der Waals surface area contributed by atoms with Gasteiger partial charge < -0.3 is 20.3 Å². The number of nitrogens with one attached hydrogen (secondary N) is 1. The number of hydrogen-bond donors (Lipinski definition) is 2. The first-order chi connectivity index (χ1) is 10.0. The molecule has 0 fully saturated rings. The Morgan fingerprint density at radius 3 is 2.59 bits per heavy atom. The van der Waals surface area contributed by atoms with Crippen molar-refractivity contribution in [3.63, 3.8) is 0 Å². The van der Waals surface area contributed by atoms with Gasteiger partial charge in [0, 0.05) is 11.8 Å². The van der Waals surface area contributed by atoms with E-state index < -0.39 is 0 Å². The summed E-state index contributed by atoms with van der Waals surface area (Å²) >= 11 is 0. The predicted octanol–water partition coefficient (Wildman–Crippen LogP) is 3.32. The van der Waals surface area contributed by atoms with Crippen LogP contribution in [0.2, 0.25) is 0 Å². The van der Waals surface area contributed by atoms with Gasteiger partial charge in [0.05, 0.1) is 11.8 Å². The zero-order valence-electron chi connectivity index (χ0n) is 12.9. The molecular weight excluding hydrogens is 395 g/mol. The first kappa shape index (κ1) is 18.3. The largest absolute Gasteiger partial charge is 0.491 e. The van der Waals surface area contributed by atoms with Gasteiger partial charge in [-0.05, 0) is 45.0 Å². The molecule has 1 aromatic heterocycles. The Kier molecular flexibility index (Phi) is 7.16. The lowest BCUT2D eigenvalue weighted by Crippen LogP contribution is -2.22. The summed E-state index contributed by atoms with van der Waals surface area (Å²) in [6.45, 7) is 6.19. The summed E-state index contributed by atoms with van der Waals surface area (Å²) in [6.07, 6.45) is 0.154. The van der Waals surface area contributed by atoms with Gasteiger partial charge in [-0.3, -0.25) is 0 Å². The van der Waals surface area contributed by atoms with E-state index in [4.69, 9.17) is 15.0 Å². The van der Waals surface area contributed by atoms with E-state index in [0.717, 1.165) is 17.1 Å². The fourth-order valence-corrected chi connectivity index (χ4v) is 1.73. The number of aromatic nitrogens is 1. The Morgan fingerprint density at radius 1 is 1.36 bits per heavy atom. The molecule has 0 aliphatic rings. The summed E-state index contributed by atoms with van der Waals surface area (Å²) < 4.78 is 10.6. The third-order valence-corrected chi connectivity index (χ3v) is 2.58. The van der Waals surface area contributed by atoms with Crippen molar-refractivity contribution in [3.8, 4) is 5.75 Å². The molecule has 0 aliphatic carbocycles. The van der Waals surface area contributed by atoms with Crippen LogP contribution in [0.1, 0.15) is 25.3 Å². The average Bonchev–Trinajstić information content (AvgIpc) is 2.84. The zero-order chi connectivity index (χ0) is 15.2. The van der Waals surface area contributed by atoms with Gasteiger partial charge in [0.25, 0.3) is 0 Å². The van der Waals surface area contributed by atoms with E-state index in [1.807, 2.05) is 51.1 Å². The SMILES string of the molecule is Cc1cc(CN=C(N)Nc2ccc(OC(C)C)cc2)on1.I. The van der Waals surface area contributed by atoms with Crippen LogP contribution in [0.3, 0.4) is 0 Å². The first-order valence-electron chi connectivity index (χ1n) is 6.79. The van der Waals surface area contributed by atoms with Gasteiger partial charge in [-0.1, -0.05) is 5.16 Å². The lowest BCUT2D eigenvalue weighted by molar-refractivity contribution is 0.242. The Bertz CT molecular complexity index is 608. The van der Waals surface area contributed by atoms with Crippen LogP contribution in [0.15, 0.2) is 39.8 Å². The zero-order valence-corrected chi connectivity index (χ0v) is 15.2. The number of hydrogen-bond acceptors (Lipinski definition) is 4. The van der Waals surface area contributed by atoms with Crippen molar-refractivity contribution >= 4 is 35.6 Å². The summed E-state index contributed by atoms with van der Waals surface area (Å²) in [5.41, 5.74) is 7.50. The molecule has 0 spiro atoms. The van der Waals surface area contributed by atoms with Crippen LogP contribution in [0, 0.1) is 6.92 Å². The van der Waals surface area contributed by atoms with Crippen LogP contribution in [-0.4, -0.2) is 17.2 Å². The maximum absolute atomic E-state index is 5.82. The minimum Gasteiger partial charge on any atom is -0.491 e. The van der Waals surface area contributed by atoms with Gasteiger partial charge in [0.15, 0.2) is 11.7 Å². The van der Waals surface area contributed by atoms with E-state index in [0.29, 0.717) is 18.3 Å². The normalized spacial score (nSPS) is 11.2. The summed E-state index contributed by atoms with van der Waals surface area (Å²) in [4.78, 5) is 4.19. The molecule has 7 heteroatoms. The molecule has 1 heterocycles. The number of anilines is 1. The lowest BCUT2D eigenvalue weighted by atomic mass is 10.3. The van der Waals surface area contributed by atoms with Crippen molar-refractivity contribution in [2.75, 3.05) is 5.32 Å². The van der Waals surface area contributed by atoms with Crippen molar-refractivity contribution in [2.45, 2.75) is 33.4 Å². The lowest BCUT2D eigenvalue weighted by Gasteiger charge is -2.10. The fourth-order valence-electron chi connectivity index (χ4n) is 1.73. The molecule has 22 heavy (non-hydrogen) atoms. The number of benzene rings is 1. The summed E-state index contributed by atoms with van der Waals surface area (Å²) in [5.74, 6) is 1.82. The molecule has 0 aliphatic heterocycles. The smallest absolute Gasteiger partial charge is 0.193 e. The predicted molar refractivity (Wildman–Crippen MR) is 97.8 cm³/mol. The molecule has 2 aromatic rings. The van der Waals surface area contributed by atoms with Crippen LogP contribution >= 0.6 is 24.0 Å². The Balaban J connectivity index is 0.00000242. The molecule has 0 radical (unpaired) electrons. The Morgan fingerprint density at radius 2 is 2.05 bits per heavy atom. The van der Waals surface area contributed by atoms with Gasteiger partial charge in [-0.25, -0.2) is 4.99 Å². The average molecular weight is 416 g/mol. The van der Waals surface area contributed by atoms with Gasteiger partial charge >= 0.3 is 0 Å².